The van der Waals surface area contributed by atoms with Crippen molar-refractivity contribution in [3.05, 3.63) is 40.1 Å². The first-order valence-electron chi connectivity index (χ1n) is 8.57. The summed E-state index contributed by atoms with van der Waals surface area (Å²) in [6.45, 7) is 3.53. The van der Waals surface area contributed by atoms with E-state index in [0.29, 0.717) is 6.42 Å². The molecule has 0 unspecified atom stereocenters. The van der Waals surface area contributed by atoms with Crippen LogP contribution in [-0.2, 0) is 18.3 Å². The van der Waals surface area contributed by atoms with Gasteiger partial charge >= 0.3 is 0 Å². The van der Waals surface area contributed by atoms with Crippen LogP contribution in [0.4, 0.5) is 0 Å². The molecule has 1 fully saturated rings. The first kappa shape index (κ1) is 16.2. The molecule has 7 heteroatoms. The minimum Gasteiger partial charge on any atom is -0.342 e. The third kappa shape index (κ3) is 3.28. The van der Waals surface area contributed by atoms with E-state index < -0.39 is 0 Å². The van der Waals surface area contributed by atoms with E-state index in [1.54, 1.807) is 16.0 Å². The number of pyridine rings is 1. The summed E-state index contributed by atoms with van der Waals surface area (Å²) in [6.07, 6.45) is 4.30. The Hall–Kier alpha value is -2.28. The third-order valence-electron chi connectivity index (χ3n) is 4.79. The van der Waals surface area contributed by atoms with E-state index in [2.05, 4.69) is 22.2 Å². The molecular weight excluding hydrogens is 334 g/mol. The quantitative estimate of drug-likeness (QED) is 0.725. The van der Waals surface area contributed by atoms with E-state index in [0.717, 1.165) is 53.4 Å². The van der Waals surface area contributed by atoms with Crippen molar-refractivity contribution < 1.29 is 4.79 Å². The number of rotatable bonds is 3. The standard InChI is InChI=1S/C18H21N5OS/c1-12-20-15(11-25-12)8-17(24)23-7-3-4-14(10-23)16-6-5-13-9-19-22(2)18(13)21-16/h5-6,9,11,14H,3-4,7-8,10H2,1-2H3/t14-/m1/s1. The highest BCUT2D eigenvalue weighted by Crippen LogP contribution is 2.27. The Balaban J connectivity index is 1.49. The second kappa shape index (κ2) is 6.55. The monoisotopic (exact) mass is 355 g/mol. The lowest BCUT2D eigenvalue weighted by Crippen LogP contribution is -2.40. The Morgan fingerprint density at radius 1 is 1.36 bits per heavy atom. The number of aryl methyl sites for hydroxylation is 2. The lowest BCUT2D eigenvalue weighted by atomic mass is 9.94. The zero-order valence-electron chi connectivity index (χ0n) is 14.5. The molecule has 3 aromatic heterocycles. The van der Waals surface area contributed by atoms with E-state index >= 15 is 0 Å². The number of hydrogen-bond donors (Lipinski definition) is 0. The van der Waals surface area contributed by atoms with Gasteiger partial charge in [0, 0.05) is 42.5 Å². The highest BCUT2D eigenvalue weighted by Gasteiger charge is 2.26. The number of piperidine rings is 1. The maximum absolute atomic E-state index is 12.6. The van der Waals surface area contributed by atoms with Crippen LogP contribution >= 0.6 is 11.3 Å². The summed E-state index contributed by atoms with van der Waals surface area (Å²) in [5.74, 6) is 0.450. The summed E-state index contributed by atoms with van der Waals surface area (Å²) in [5, 5.41) is 8.29. The van der Waals surface area contributed by atoms with Crippen molar-refractivity contribution in [2.75, 3.05) is 13.1 Å². The third-order valence-corrected chi connectivity index (χ3v) is 5.62. The molecule has 0 spiro atoms. The summed E-state index contributed by atoms with van der Waals surface area (Å²) in [6, 6.07) is 4.15. The molecule has 4 heterocycles. The fraction of sp³-hybridized carbons (Fsp3) is 0.444. The van der Waals surface area contributed by atoms with Gasteiger partial charge in [-0.2, -0.15) is 5.10 Å². The highest BCUT2D eigenvalue weighted by atomic mass is 32.1. The van der Waals surface area contributed by atoms with Crippen LogP contribution in [0.15, 0.2) is 23.7 Å². The van der Waals surface area contributed by atoms with Crippen molar-refractivity contribution in [3.63, 3.8) is 0 Å². The van der Waals surface area contributed by atoms with Crippen molar-refractivity contribution >= 4 is 28.3 Å². The Labute approximate surface area is 150 Å². The molecule has 1 saturated heterocycles. The van der Waals surface area contributed by atoms with Crippen LogP contribution in [0, 0.1) is 6.92 Å². The number of likely N-dealkylation sites (tertiary alicyclic amines) is 1. The van der Waals surface area contributed by atoms with Crippen molar-refractivity contribution in [3.8, 4) is 0 Å². The number of carbonyl (C=O) groups excluding carboxylic acids is 1. The number of fused-ring (bicyclic) bond motifs is 1. The Morgan fingerprint density at radius 2 is 2.24 bits per heavy atom. The second-order valence-corrected chi connectivity index (χ2v) is 7.69. The van der Waals surface area contributed by atoms with Crippen molar-refractivity contribution in [1.29, 1.82) is 0 Å². The molecule has 4 rings (SSSR count). The van der Waals surface area contributed by atoms with E-state index in [1.165, 1.54) is 0 Å². The molecule has 0 saturated carbocycles. The molecule has 0 N–H and O–H groups in total. The highest BCUT2D eigenvalue weighted by molar-refractivity contribution is 7.09. The van der Waals surface area contributed by atoms with E-state index in [1.807, 2.05) is 30.4 Å². The Kier molecular flexibility index (Phi) is 4.25. The van der Waals surface area contributed by atoms with Crippen LogP contribution in [0.1, 0.15) is 35.2 Å². The maximum Gasteiger partial charge on any atom is 0.228 e. The summed E-state index contributed by atoms with van der Waals surface area (Å²) < 4.78 is 1.80. The smallest absolute Gasteiger partial charge is 0.228 e. The largest absolute Gasteiger partial charge is 0.342 e. The fourth-order valence-electron chi connectivity index (χ4n) is 3.47. The molecule has 130 valence electrons. The van der Waals surface area contributed by atoms with Crippen LogP contribution in [0.25, 0.3) is 11.0 Å². The lowest BCUT2D eigenvalue weighted by Gasteiger charge is -2.32. The van der Waals surface area contributed by atoms with Crippen molar-refractivity contribution in [1.82, 2.24) is 24.6 Å². The zero-order valence-corrected chi connectivity index (χ0v) is 15.3. The topological polar surface area (TPSA) is 63.9 Å². The molecule has 1 aliphatic rings. The minimum absolute atomic E-state index is 0.164. The molecule has 0 radical (unpaired) electrons. The molecule has 6 nitrogen and oxygen atoms in total. The van der Waals surface area contributed by atoms with Crippen LogP contribution in [0.3, 0.4) is 0 Å². The predicted octanol–water partition coefficient (Wildman–Crippen LogP) is 2.68. The molecule has 0 aromatic carbocycles. The number of nitrogens with zero attached hydrogens (tertiary/aromatic N) is 5. The molecule has 3 aromatic rings. The van der Waals surface area contributed by atoms with Gasteiger partial charge in [0.05, 0.1) is 23.3 Å². The van der Waals surface area contributed by atoms with Gasteiger partial charge in [-0.15, -0.1) is 11.3 Å². The molecule has 1 aliphatic heterocycles. The number of amides is 1. The van der Waals surface area contributed by atoms with Crippen LogP contribution in [0.2, 0.25) is 0 Å². The minimum atomic E-state index is 0.164. The normalized spacial score (nSPS) is 18.0. The lowest BCUT2D eigenvalue weighted by molar-refractivity contribution is -0.131. The van der Waals surface area contributed by atoms with Gasteiger partial charge in [-0.05, 0) is 31.9 Å². The number of carbonyl (C=O) groups is 1. The summed E-state index contributed by atoms with van der Waals surface area (Å²) in [4.78, 5) is 23.8. The molecule has 1 atom stereocenters. The van der Waals surface area contributed by atoms with Gasteiger partial charge in [0.1, 0.15) is 0 Å². The van der Waals surface area contributed by atoms with Crippen LogP contribution in [-0.4, -0.2) is 43.6 Å². The molecule has 1 amide bonds. The second-order valence-electron chi connectivity index (χ2n) is 6.63. The van der Waals surface area contributed by atoms with E-state index in [4.69, 9.17) is 4.98 Å². The van der Waals surface area contributed by atoms with E-state index in [9.17, 15) is 4.79 Å². The number of thiazole rings is 1. The molecule has 0 bridgehead atoms. The van der Waals surface area contributed by atoms with Gasteiger partial charge in [-0.3, -0.25) is 9.48 Å². The van der Waals surface area contributed by atoms with Crippen molar-refractivity contribution in [2.24, 2.45) is 7.05 Å². The first-order chi connectivity index (χ1) is 12.1. The van der Waals surface area contributed by atoms with Gasteiger partial charge in [0.2, 0.25) is 5.91 Å². The fourth-order valence-corrected chi connectivity index (χ4v) is 4.08. The average molecular weight is 355 g/mol. The SMILES string of the molecule is Cc1nc(CC(=O)N2CCC[C@@H](c3ccc4cnn(C)c4n3)C2)cs1. The van der Waals surface area contributed by atoms with Crippen LogP contribution < -0.4 is 0 Å². The Bertz CT molecular complexity index is 915. The van der Waals surface area contributed by atoms with Gasteiger partial charge in [-0.1, -0.05) is 0 Å². The maximum atomic E-state index is 12.6. The average Bonchev–Trinajstić information content (AvgIpc) is 3.20. The van der Waals surface area contributed by atoms with Gasteiger partial charge in [-0.25, -0.2) is 9.97 Å². The van der Waals surface area contributed by atoms with E-state index in [-0.39, 0.29) is 11.8 Å². The molecular formula is C18H21N5OS. The Morgan fingerprint density at radius 3 is 3.04 bits per heavy atom. The first-order valence-corrected chi connectivity index (χ1v) is 9.45. The summed E-state index contributed by atoms with van der Waals surface area (Å²) >= 11 is 1.59. The number of aromatic nitrogens is 4. The van der Waals surface area contributed by atoms with Gasteiger partial charge in [0.25, 0.3) is 0 Å². The summed E-state index contributed by atoms with van der Waals surface area (Å²) in [5.41, 5.74) is 2.83. The van der Waals surface area contributed by atoms with Gasteiger partial charge in [0.15, 0.2) is 5.65 Å². The predicted molar refractivity (Wildman–Crippen MR) is 97.6 cm³/mol. The van der Waals surface area contributed by atoms with Crippen LogP contribution in [0.5, 0.6) is 0 Å². The summed E-state index contributed by atoms with van der Waals surface area (Å²) in [7, 11) is 1.91. The van der Waals surface area contributed by atoms with Crippen molar-refractivity contribution in [2.45, 2.75) is 32.1 Å². The number of hydrogen-bond acceptors (Lipinski definition) is 5. The zero-order chi connectivity index (χ0) is 17.4. The van der Waals surface area contributed by atoms with Gasteiger partial charge < -0.3 is 4.90 Å². The molecule has 25 heavy (non-hydrogen) atoms. The molecule has 0 aliphatic carbocycles.